The highest BCUT2D eigenvalue weighted by Gasteiger charge is 2.25. The number of phenolic OH excluding ortho intramolecular Hbond substituents is 1. The fourth-order valence-electron chi connectivity index (χ4n) is 9.08. The van der Waals surface area contributed by atoms with Gasteiger partial charge in [0.2, 0.25) is 0 Å². The minimum Gasteiger partial charge on any atom is -0.505 e. The van der Waals surface area contributed by atoms with E-state index < -0.39 is 83.9 Å². The number of azo groups is 4. The number of nitrogens with zero attached hydrogens (tertiary/aromatic N) is 8. The molecule has 7 N–H and O–H groups in total. The number of para-hydroxylation sites is 1. The van der Waals surface area contributed by atoms with Crippen LogP contribution in [0.3, 0.4) is 0 Å². The first-order valence-corrected chi connectivity index (χ1v) is 32.8. The summed E-state index contributed by atoms with van der Waals surface area (Å²) >= 11 is 0. The second kappa shape index (κ2) is 27.1. The molecule has 9 rings (SSSR count). The molecule has 476 valence electrons. The Morgan fingerprint density at radius 1 is 0.478 bits per heavy atom. The summed E-state index contributed by atoms with van der Waals surface area (Å²) in [6, 6.07) is 34.3. The Kier molecular flexibility index (Phi) is 19.5. The molecule has 0 aliphatic rings. The van der Waals surface area contributed by atoms with Gasteiger partial charge in [-0.05, 0) is 152 Å². The number of nitrogens with one attached hydrogen (secondary N) is 2. The lowest BCUT2D eigenvalue weighted by molar-refractivity contribution is 0.102. The number of carbonyl (C=O) groups excluding carboxylic acids is 1. The molecule has 0 saturated heterocycles. The summed E-state index contributed by atoms with van der Waals surface area (Å²) in [7, 11) is -15.1. The second-order valence-electron chi connectivity index (χ2n) is 20.1. The molecule has 28 nitrogen and oxygen atoms in total. The normalized spacial score (nSPS) is 12.4. The van der Waals surface area contributed by atoms with Crippen LogP contribution in [0.15, 0.2) is 195 Å². The Morgan fingerprint density at radius 3 is 1.53 bits per heavy atom. The van der Waals surface area contributed by atoms with E-state index in [1.807, 2.05) is 30.3 Å². The van der Waals surface area contributed by atoms with E-state index in [2.05, 4.69) is 51.5 Å². The van der Waals surface area contributed by atoms with Crippen LogP contribution >= 0.6 is 0 Å². The lowest BCUT2D eigenvalue weighted by Crippen LogP contribution is -2.15. The van der Waals surface area contributed by atoms with Gasteiger partial charge in [0.05, 0.1) is 67.0 Å². The number of methoxy groups -OCH3 is 3. The van der Waals surface area contributed by atoms with Gasteiger partial charge in [0.25, 0.3) is 46.4 Å². The molecule has 9 aromatic rings. The monoisotopic (exact) mass is 1330 g/mol. The molecule has 0 aliphatic heterocycles. The summed E-state index contributed by atoms with van der Waals surface area (Å²) in [6.07, 6.45) is -0.252. The van der Waals surface area contributed by atoms with Crippen molar-refractivity contribution < 1.29 is 80.7 Å². The Hall–Kier alpha value is -10.2. The highest BCUT2D eigenvalue weighted by atomic mass is 32.2. The zero-order chi connectivity index (χ0) is 66.5. The SMILES string of the molecule is COc1cc(N=Nc2cc(C)c(N=Nc3ccc(C(=O)Nc4cc5c(OCCCS(=O)(=O)O)cc(S(=O)(=O)O)cc5cc4S(=O)(=O)O)cc3)cc2C)c(C)cc1N=Nc1cc(OC)c(N=Nc2c(S(=O)(=O)O)cc3cc(Nc4ccccc4)ccc3c2O)cc1OC. The number of anilines is 3. The molecule has 0 bridgehead atoms. The molecular formula is C60H54N10O18S4. The molecule has 0 spiro atoms. The predicted octanol–water partition coefficient (Wildman–Crippen LogP) is 14.7. The maximum atomic E-state index is 13.5. The summed E-state index contributed by atoms with van der Waals surface area (Å²) in [5.74, 6) is -1.86. The van der Waals surface area contributed by atoms with Crippen LogP contribution in [0.25, 0.3) is 21.5 Å². The fourth-order valence-corrected chi connectivity index (χ4v) is 11.4. The number of fused-ring (bicyclic) bond motifs is 2. The standard InChI is InChI=1S/C60H54N10O18S4/c1-33-22-46(34(2)21-45(33)64-63-40-15-13-36(14-16-40)60(72)62-51-29-44-38(26-56(51)91(79,80)81)25-42(90(76,77)78)28-52(44)88-19-10-20-89(73,74)75)65-66-47-30-53(85-4)48(23-35(47)3)67-68-49-31-55(87-6)50(32-54(49)86-5)69-70-58-57(92(82,83)84)27-37-24-41(17-18-43(37)59(58)71)61-39-11-8-7-9-12-39/h7-9,11-18,21-32,61,71H,10,19-20H2,1-6H3,(H,62,72)(H,73,74,75)(H,76,77,78)(H,79,80,81)(H,82,83,84). The summed E-state index contributed by atoms with van der Waals surface area (Å²) in [6.45, 7) is 4.99. The van der Waals surface area contributed by atoms with Crippen molar-refractivity contribution in [3.63, 3.8) is 0 Å². The highest BCUT2D eigenvalue weighted by Crippen LogP contribution is 2.46. The molecular weight excluding hydrogens is 1280 g/mol. The van der Waals surface area contributed by atoms with Crippen LogP contribution in [0.4, 0.5) is 62.6 Å². The number of aromatic hydroxyl groups is 1. The lowest BCUT2D eigenvalue weighted by atomic mass is 10.1. The van der Waals surface area contributed by atoms with Crippen LogP contribution < -0.4 is 29.6 Å². The number of benzene rings is 9. The van der Waals surface area contributed by atoms with E-state index in [-0.39, 0.29) is 74.5 Å². The van der Waals surface area contributed by atoms with E-state index >= 15 is 0 Å². The molecule has 0 unspecified atom stereocenters. The largest absolute Gasteiger partial charge is 0.505 e. The predicted molar refractivity (Wildman–Crippen MR) is 340 cm³/mol. The fraction of sp³-hybridized carbons (Fsp3) is 0.150. The molecule has 0 fully saturated rings. The van der Waals surface area contributed by atoms with Crippen molar-refractivity contribution in [1.29, 1.82) is 0 Å². The maximum absolute atomic E-state index is 13.5. The van der Waals surface area contributed by atoms with Gasteiger partial charge in [0, 0.05) is 52.0 Å². The van der Waals surface area contributed by atoms with Crippen LogP contribution in [0.5, 0.6) is 28.7 Å². The molecule has 0 aromatic heterocycles. The maximum Gasteiger partial charge on any atom is 0.296 e. The van der Waals surface area contributed by atoms with Gasteiger partial charge >= 0.3 is 0 Å². The van der Waals surface area contributed by atoms with E-state index in [9.17, 15) is 57.2 Å². The smallest absolute Gasteiger partial charge is 0.296 e. The third kappa shape index (κ3) is 15.9. The summed E-state index contributed by atoms with van der Waals surface area (Å²) in [4.78, 5) is 11.3. The van der Waals surface area contributed by atoms with Gasteiger partial charge in [0.1, 0.15) is 55.5 Å². The molecule has 0 radical (unpaired) electrons. The number of carbonyl (C=O) groups is 1. The van der Waals surface area contributed by atoms with Crippen LogP contribution in [-0.2, 0) is 40.5 Å². The van der Waals surface area contributed by atoms with Crippen LogP contribution in [0.1, 0.15) is 33.5 Å². The zero-order valence-corrected chi connectivity index (χ0v) is 52.4. The molecule has 0 atom stereocenters. The minimum absolute atomic E-state index is 0.00601. The Morgan fingerprint density at radius 2 is 0.978 bits per heavy atom. The van der Waals surface area contributed by atoms with Gasteiger partial charge in [-0.25, -0.2) is 0 Å². The van der Waals surface area contributed by atoms with Gasteiger partial charge < -0.3 is 34.7 Å². The average molecular weight is 1330 g/mol. The number of rotatable bonds is 23. The third-order valence-corrected chi connectivity index (χ3v) is 17.1. The molecule has 92 heavy (non-hydrogen) atoms. The molecule has 32 heteroatoms. The van der Waals surface area contributed by atoms with Crippen molar-refractivity contribution in [3.8, 4) is 28.7 Å². The van der Waals surface area contributed by atoms with E-state index in [0.717, 1.165) is 30.0 Å². The van der Waals surface area contributed by atoms with Crippen molar-refractivity contribution in [2.24, 2.45) is 40.9 Å². The number of phenols is 1. The van der Waals surface area contributed by atoms with Crippen LogP contribution in [-0.4, -0.2) is 96.6 Å². The van der Waals surface area contributed by atoms with Crippen molar-refractivity contribution in [1.82, 2.24) is 0 Å². The van der Waals surface area contributed by atoms with Crippen LogP contribution in [0, 0.1) is 20.8 Å². The van der Waals surface area contributed by atoms with Crippen molar-refractivity contribution in [3.05, 3.63) is 162 Å². The van der Waals surface area contributed by atoms with Crippen LogP contribution in [0.2, 0.25) is 0 Å². The van der Waals surface area contributed by atoms with Gasteiger partial charge in [-0.2, -0.15) is 54.1 Å². The quantitative estimate of drug-likeness (QED) is 0.0178. The molecule has 0 aliphatic carbocycles. The van der Waals surface area contributed by atoms with E-state index in [1.54, 1.807) is 63.2 Å². The van der Waals surface area contributed by atoms with E-state index in [1.165, 1.54) is 63.8 Å². The first-order chi connectivity index (χ1) is 43.5. The molecule has 0 saturated carbocycles. The molecule has 0 heterocycles. The zero-order valence-electron chi connectivity index (χ0n) is 49.2. The highest BCUT2D eigenvalue weighted by molar-refractivity contribution is 7.86. The van der Waals surface area contributed by atoms with E-state index in [4.69, 9.17) is 23.5 Å². The Balaban J connectivity index is 0.885. The number of ether oxygens (including phenoxy) is 4. The first-order valence-electron chi connectivity index (χ1n) is 26.9. The first kappa shape index (κ1) is 66.2. The number of aryl methyl sites for hydroxylation is 3. The summed E-state index contributed by atoms with van der Waals surface area (Å²) in [5, 5.41) is 52.1. The van der Waals surface area contributed by atoms with Crippen molar-refractivity contribution >= 4 is 130 Å². The molecule has 9 aromatic carbocycles. The summed E-state index contributed by atoms with van der Waals surface area (Å²) in [5.41, 5.74) is 4.63. The molecule has 1 amide bonds. The minimum atomic E-state index is -5.09. The van der Waals surface area contributed by atoms with Gasteiger partial charge in [-0.3, -0.25) is 23.0 Å². The Labute approximate surface area is 526 Å². The second-order valence-corrected chi connectivity index (χ2v) is 25.9. The van der Waals surface area contributed by atoms with Gasteiger partial charge in [0.15, 0.2) is 5.75 Å². The average Bonchev–Trinajstić information content (AvgIpc) is 0.773. The van der Waals surface area contributed by atoms with Crippen molar-refractivity contribution in [2.45, 2.75) is 41.9 Å². The topological polar surface area (TPSA) is 415 Å². The van der Waals surface area contributed by atoms with Gasteiger partial charge in [-0.1, -0.05) is 18.2 Å². The number of amides is 1. The lowest BCUT2D eigenvalue weighted by Gasteiger charge is -2.15. The van der Waals surface area contributed by atoms with E-state index in [0.29, 0.717) is 50.8 Å². The number of hydrogen-bond donors (Lipinski definition) is 7. The number of hydrogen-bond acceptors (Lipinski definition) is 23. The summed E-state index contributed by atoms with van der Waals surface area (Å²) < 4.78 is 159. The Bertz CT molecular complexity index is 5020. The van der Waals surface area contributed by atoms with Gasteiger partial charge in [-0.15, -0.1) is 20.5 Å². The van der Waals surface area contributed by atoms with Crippen molar-refractivity contribution in [2.75, 3.05) is 44.3 Å². The third-order valence-electron chi connectivity index (χ3n) is 13.7.